The summed E-state index contributed by atoms with van der Waals surface area (Å²) < 4.78 is 4.76. The van der Waals surface area contributed by atoms with Crippen molar-refractivity contribution in [3.05, 3.63) is 0 Å². The van der Waals surface area contributed by atoms with Crippen LogP contribution in [0.3, 0.4) is 0 Å². The molecule has 8 heteroatoms. The van der Waals surface area contributed by atoms with E-state index in [0.717, 1.165) is 4.90 Å². The lowest BCUT2D eigenvalue weighted by Crippen LogP contribution is -2.50. The van der Waals surface area contributed by atoms with Crippen molar-refractivity contribution in [2.45, 2.75) is 13.0 Å². The van der Waals surface area contributed by atoms with Crippen LogP contribution >= 0.6 is 0 Å². The molecule has 0 aliphatic rings. The molecule has 0 saturated carbocycles. The summed E-state index contributed by atoms with van der Waals surface area (Å²) in [5.41, 5.74) is 0. The lowest BCUT2D eigenvalue weighted by molar-refractivity contribution is -0.137. The minimum atomic E-state index is -1.12. The maximum absolute atomic E-state index is 11.5. The van der Waals surface area contributed by atoms with Gasteiger partial charge >= 0.3 is 12.0 Å². The third-order valence-corrected chi connectivity index (χ3v) is 2.06. The molecule has 0 bridgehead atoms. The second-order valence-electron chi connectivity index (χ2n) is 3.70. The molecule has 0 aliphatic heterocycles. The molecule has 1 unspecified atom stereocenters. The van der Waals surface area contributed by atoms with Crippen LogP contribution in [0.15, 0.2) is 0 Å². The van der Waals surface area contributed by atoms with Crippen LogP contribution in [-0.2, 0) is 14.3 Å². The molecule has 0 aliphatic carbocycles. The number of carboxylic acids is 1. The van der Waals surface area contributed by atoms with Crippen molar-refractivity contribution in [2.24, 2.45) is 0 Å². The molecule has 0 saturated heterocycles. The van der Waals surface area contributed by atoms with Crippen molar-refractivity contribution in [1.29, 1.82) is 0 Å². The first kappa shape index (κ1) is 16.2. The van der Waals surface area contributed by atoms with E-state index < -0.39 is 24.6 Å². The van der Waals surface area contributed by atoms with Gasteiger partial charge in [0.05, 0.1) is 6.61 Å². The molecule has 1 atom stereocenters. The Morgan fingerprint density at radius 1 is 1.39 bits per heavy atom. The molecule has 18 heavy (non-hydrogen) atoms. The first-order valence-corrected chi connectivity index (χ1v) is 5.38. The van der Waals surface area contributed by atoms with E-state index in [4.69, 9.17) is 9.84 Å². The van der Waals surface area contributed by atoms with Gasteiger partial charge in [-0.1, -0.05) is 0 Å². The third-order valence-electron chi connectivity index (χ3n) is 2.06. The van der Waals surface area contributed by atoms with Crippen molar-refractivity contribution < 1.29 is 24.2 Å². The highest BCUT2D eigenvalue weighted by atomic mass is 16.5. The van der Waals surface area contributed by atoms with Crippen molar-refractivity contribution >= 4 is 17.9 Å². The van der Waals surface area contributed by atoms with Gasteiger partial charge in [-0.3, -0.25) is 9.59 Å². The molecular weight excluding hydrogens is 242 g/mol. The van der Waals surface area contributed by atoms with Gasteiger partial charge in [-0.05, 0) is 6.92 Å². The Bertz CT molecular complexity index is 308. The number of likely N-dealkylation sites (N-methyl/N-ethyl adjacent to an activating group) is 1. The van der Waals surface area contributed by atoms with Crippen LogP contribution in [0, 0.1) is 0 Å². The molecule has 0 aromatic heterocycles. The van der Waals surface area contributed by atoms with Gasteiger partial charge < -0.3 is 25.4 Å². The zero-order chi connectivity index (χ0) is 14.1. The van der Waals surface area contributed by atoms with E-state index in [-0.39, 0.29) is 5.91 Å². The Labute approximate surface area is 105 Å². The molecule has 0 rings (SSSR count). The summed E-state index contributed by atoms with van der Waals surface area (Å²) in [7, 11) is 2.84. The van der Waals surface area contributed by atoms with E-state index in [1.54, 1.807) is 0 Å². The fourth-order valence-electron chi connectivity index (χ4n) is 1.07. The van der Waals surface area contributed by atoms with Gasteiger partial charge in [-0.15, -0.1) is 0 Å². The van der Waals surface area contributed by atoms with E-state index in [1.165, 1.54) is 21.1 Å². The Kier molecular flexibility index (Phi) is 7.45. The number of carbonyl (C=O) groups is 3. The van der Waals surface area contributed by atoms with Crippen LogP contribution in [0.2, 0.25) is 0 Å². The second kappa shape index (κ2) is 8.29. The number of hydrogen-bond donors (Lipinski definition) is 3. The van der Waals surface area contributed by atoms with Crippen molar-refractivity contribution in [1.82, 2.24) is 15.5 Å². The van der Waals surface area contributed by atoms with Gasteiger partial charge in [-0.2, -0.15) is 0 Å². The standard InChI is InChI=1S/C10H19N3O5/c1-7(9(16)11-4-5-18-3)12-10(17)13(2)6-8(14)15/h7H,4-6H2,1-3H3,(H,11,16)(H,12,17)(H,14,15). The highest BCUT2D eigenvalue weighted by Gasteiger charge is 2.18. The van der Waals surface area contributed by atoms with E-state index in [9.17, 15) is 14.4 Å². The number of nitrogens with zero attached hydrogens (tertiary/aromatic N) is 1. The quantitative estimate of drug-likeness (QED) is 0.502. The van der Waals surface area contributed by atoms with Crippen LogP contribution in [0.4, 0.5) is 4.79 Å². The Hall–Kier alpha value is -1.83. The number of urea groups is 1. The number of amides is 3. The van der Waals surface area contributed by atoms with Gasteiger partial charge in [0.2, 0.25) is 5.91 Å². The maximum Gasteiger partial charge on any atom is 0.323 e. The molecule has 8 nitrogen and oxygen atoms in total. The molecule has 0 radical (unpaired) electrons. The first-order chi connectivity index (χ1) is 8.38. The number of ether oxygens (including phenoxy) is 1. The van der Waals surface area contributed by atoms with Gasteiger partial charge in [0.1, 0.15) is 12.6 Å². The van der Waals surface area contributed by atoms with Crippen LogP contribution in [0.1, 0.15) is 6.92 Å². The van der Waals surface area contributed by atoms with Crippen molar-refractivity contribution in [3.63, 3.8) is 0 Å². The number of methoxy groups -OCH3 is 1. The van der Waals surface area contributed by atoms with Gasteiger partial charge in [0.25, 0.3) is 0 Å². The molecule has 3 N–H and O–H groups in total. The molecule has 0 aromatic carbocycles. The lowest BCUT2D eigenvalue weighted by Gasteiger charge is -2.19. The highest BCUT2D eigenvalue weighted by molar-refractivity contribution is 5.87. The minimum absolute atomic E-state index is 0.348. The topological polar surface area (TPSA) is 108 Å². The first-order valence-electron chi connectivity index (χ1n) is 5.38. The van der Waals surface area contributed by atoms with E-state index >= 15 is 0 Å². The summed E-state index contributed by atoms with van der Waals surface area (Å²) in [5.74, 6) is -1.48. The van der Waals surface area contributed by atoms with Gasteiger partial charge in [0.15, 0.2) is 0 Å². The van der Waals surface area contributed by atoms with E-state index in [2.05, 4.69) is 10.6 Å². The third kappa shape index (κ3) is 6.69. The number of hydrogen-bond acceptors (Lipinski definition) is 4. The zero-order valence-corrected chi connectivity index (χ0v) is 10.7. The Morgan fingerprint density at radius 3 is 2.50 bits per heavy atom. The number of carbonyl (C=O) groups excluding carboxylic acids is 2. The maximum atomic E-state index is 11.5. The monoisotopic (exact) mass is 261 g/mol. The number of aliphatic carboxylic acids is 1. The summed E-state index contributed by atoms with van der Waals surface area (Å²) in [6.07, 6.45) is 0. The minimum Gasteiger partial charge on any atom is -0.480 e. The number of nitrogens with one attached hydrogen (secondary N) is 2. The van der Waals surface area contributed by atoms with Crippen molar-refractivity contribution in [3.8, 4) is 0 Å². The summed E-state index contributed by atoms with van der Waals surface area (Å²) in [4.78, 5) is 34.3. The van der Waals surface area contributed by atoms with Crippen molar-refractivity contribution in [2.75, 3.05) is 33.9 Å². The van der Waals surface area contributed by atoms with Crippen LogP contribution in [0.25, 0.3) is 0 Å². The van der Waals surface area contributed by atoms with Gasteiger partial charge in [0, 0.05) is 20.7 Å². The average Bonchev–Trinajstić information content (AvgIpc) is 2.28. The lowest BCUT2D eigenvalue weighted by atomic mass is 10.3. The number of rotatable bonds is 7. The summed E-state index contributed by atoms with van der Waals surface area (Å²) >= 11 is 0. The molecule has 3 amide bonds. The highest BCUT2D eigenvalue weighted by Crippen LogP contribution is 1.88. The van der Waals surface area contributed by atoms with Crippen LogP contribution in [-0.4, -0.2) is 67.8 Å². The summed E-state index contributed by atoms with van der Waals surface area (Å²) in [6.45, 7) is 1.81. The molecular formula is C10H19N3O5. The molecule has 0 spiro atoms. The number of carboxylic acid groups (broad SMARTS) is 1. The predicted molar refractivity (Wildman–Crippen MR) is 63.1 cm³/mol. The summed E-state index contributed by atoms with van der Waals surface area (Å²) in [5, 5.41) is 13.4. The normalized spacial score (nSPS) is 11.5. The fraction of sp³-hybridized carbons (Fsp3) is 0.700. The molecule has 0 heterocycles. The second-order valence-corrected chi connectivity index (χ2v) is 3.70. The average molecular weight is 261 g/mol. The fourth-order valence-corrected chi connectivity index (χ4v) is 1.07. The smallest absolute Gasteiger partial charge is 0.323 e. The van der Waals surface area contributed by atoms with E-state index in [0.29, 0.717) is 13.2 Å². The molecule has 104 valence electrons. The van der Waals surface area contributed by atoms with Crippen LogP contribution < -0.4 is 10.6 Å². The molecule has 0 aromatic rings. The Morgan fingerprint density at radius 2 is 2.00 bits per heavy atom. The summed E-state index contributed by atoms with van der Waals surface area (Å²) in [6, 6.07) is -1.36. The van der Waals surface area contributed by atoms with E-state index in [1.807, 2.05) is 0 Å². The molecule has 0 fully saturated rings. The largest absolute Gasteiger partial charge is 0.480 e. The Balaban J connectivity index is 4.05. The predicted octanol–water partition coefficient (Wildman–Crippen LogP) is -1.14. The van der Waals surface area contributed by atoms with Gasteiger partial charge in [-0.25, -0.2) is 4.79 Å². The van der Waals surface area contributed by atoms with Crippen LogP contribution in [0.5, 0.6) is 0 Å². The zero-order valence-electron chi connectivity index (χ0n) is 10.7. The SMILES string of the molecule is COCCNC(=O)C(C)NC(=O)N(C)CC(=O)O.